The first kappa shape index (κ1) is 14.0. The first-order valence-corrected chi connectivity index (χ1v) is 6.59. The molecule has 2 rings (SSSR count). The lowest BCUT2D eigenvalue weighted by molar-refractivity contribution is 0.233. The van der Waals surface area contributed by atoms with E-state index in [9.17, 15) is 4.79 Å². The molecule has 2 heterocycles. The zero-order valence-electron chi connectivity index (χ0n) is 11.7. The first-order valence-electron chi connectivity index (χ1n) is 6.59. The van der Waals surface area contributed by atoms with Gasteiger partial charge in [-0.1, -0.05) is 0 Å². The third-order valence-corrected chi connectivity index (χ3v) is 2.95. The fourth-order valence-electron chi connectivity index (χ4n) is 1.93. The van der Waals surface area contributed by atoms with Crippen LogP contribution < -0.4 is 10.6 Å². The smallest absolute Gasteiger partial charge is 0.315 e. The Hall–Kier alpha value is -2.37. The third-order valence-electron chi connectivity index (χ3n) is 2.95. The molecule has 0 spiro atoms. The molecular formula is C14H19N5O. The maximum absolute atomic E-state index is 11.9. The molecule has 0 unspecified atom stereocenters. The van der Waals surface area contributed by atoms with Crippen LogP contribution in [0, 0.1) is 0 Å². The van der Waals surface area contributed by atoms with E-state index in [-0.39, 0.29) is 18.1 Å². The van der Waals surface area contributed by atoms with Gasteiger partial charge in [-0.3, -0.25) is 9.67 Å². The number of nitrogens with one attached hydrogen (secondary N) is 2. The molecule has 2 aromatic rings. The minimum Gasteiger partial charge on any atom is -0.334 e. The second-order valence-corrected chi connectivity index (χ2v) is 4.75. The minimum atomic E-state index is -0.186. The number of aromatic nitrogens is 3. The van der Waals surface area contributed by atoms with E-state index < -0.39 is 0 Å². The largest absolute Gasteiger partial charge is 0.334 e. The van der Waals surface area contributed by atoms with Crippen molar-refractivity contribution in [2.24, 2.45) is 0 Å². The second-order valence-electron chi connectivity index (χ2n) is 4.75. The topological polar surface area (TPSA) is 71.8 Å². The van der Waals surface area contributed by atoms with E-state index in [2.05, 4.69) is 20.7 Å². The van der Waals surface area contributed by atoms with Gasteiger partial charge in [0, 0.05) is 30.8 Å². The molecule has 2 atom stereocenters. The number of nitrogens with zero attached hydrogens (tertiary/aromatic N) is 3. The minimum absolute atomic E-state index is 0.000426. The molecule has 106 valence electrons. The number of rotatable bonds is 5. The summed E-state index contributed by atoms with van der Waals surface area (Å²) in [6, 6.07) is 5.39. The predicted octanol–water partition coefficient (Wildman–Crippen LogP) is 1.73. The molecule has 0 aliphatic carbocycles. The molecule has 0 fully saturated rings. The molecule has 0 aliphatic rings. The average Bonchev–Trinajstić information content (AvgIpc) is 2.92. The van der Waals surface area contributed by atoms with Gasteiger partial charge >= 0.3 is 6.03 Å². The Kier molecular flexibility index (Phi) is 4.70. The predicted molar refractivity (Wildman–Crippen MR) is 76.0 cm³/mol. The molecule has 0 aliphatic heterocycles. The lowest BCUT2D eigenvalue weighted by atomic mass is 10.1. The van der Waals surface area contributed by atoms with Crippen molar-refractivity contribution in [3.05, 3.63) is 48.5 Å². The molecule has 6 nitrogen and oxygen atoms in total. The molecule has 0 saturated carbocycles. The lowest BCUT2D eigenvalue weighted by Crippen LogP contribution is -2.43. The molecule has 0 saturated heterocycles. The highest BCUT2D eigenvalue weighted by Gasteiger charge is 2.11. The Balaban J connectivity index is 1.80. The number of urea groups is 1. The van der Waals surface area contributed by atoms with Crippen molar-refractivity contribution in [3.8, 4) is 0 Å². The molecule has 0 radical (unpaired) electrons. The quantitative estimate of drug-likeness (QED) is 0.871. The van der Waals surface area contributed by atoms with E-state index in [1.54, 1.807) is 23.3 Å². The summed E-state index contributed by atoms with van der Waals surface area (Å²) in [5.74, 6) is 0. The van der Waals surface area contributed by atoms with Crippen LogP contribution in [0.2, 0.25) is 0 Å². The molecule has 2 aromatic heterocycles. The fraction of sp³-hybridized carbons (Fsp3) is 0.357. The van der Waals surface area contributed by atoms with Crippen molar-refractivity contribution in [2.75, 3.05) is 0 Å². The van der Waals surface area contributed by atoms with E-state index in [0.717, 1.165) is 5.56 Å². The first-order chi connectivity index (χ1) is 9.65. The van der Waals surface area contributed by atoms with Crippen LogP contribution in [0.3, 0.4) is 0 Å². The number of pyridine rings is 1. The van der Waals surface area contributed by atoms with Gasteiger partial charge in [0.25, 0.3) is 0 Å². The summed E-state index contributed by atoms with van der Waals surface area (Å²) in [7, 11) is 0. The highest BCUT2D eigenvalue weighted by atomic mass is 16.2. The molecule has 2 N–H and O–H groups in total. The Bertz CT molecular complexity index is 526. The van der Waals surface area contributed by atoms with Gasteiger partial charge in [0.2, 0.25) is 0 Å². The van der Waals surface area contributed by atoms with E-state index in [1.807, 2.05) is 38.2 Å². The number of carbonyl (C=O) groups excluding carboxylic acids is 1. The van der Waals surface area contributed by atoms with Crippen molar-refractivity contribution in [1.29, 1.82) is 0 Å². The Morgan fingerprint density at radius 1 is 1.25 bits per heavy atom. The summed E-state index contributed by atoms with van der Waals surface area (Å²) in [6.45, 7) is 4.52. The van der Waals surface area contributed by atoms with E-state index in [4.69, 9.17) is 0 Å². The van der Waals surface area contributed by atoms with Crippen LogP contribution >= 0.6 is 0 Å². The third kappa shape index (κ3) is 4.08. The Labute approximate surface area is 118 Å². The Morgan fingerprint density at radius 3 is 2.65 bits per heavy atom. The van der Waals surface area contributed by atoms with Crippen LogP contribution in [0.15, 0.2) is 43.0 Å². The number of hydrogen-bond donors (Lipinski definition) is 2. The lowest BCUT2D eigenvalue weighted by Gasteiger charge is -2.18. The summed E-state index contributed by atoms with van der Waals surface area (Å²) >= 11 is 0. The standard InChI is InChI=1S/C14H19N5O/c1-11(10-19-9-3-6-16-19)17-14(20)18-12(2)13-4-7-15-8-5-13/h3-9,11-12H,10H2,1-2H3,(H2,17,18,20)/t11-,12-/m1/s1. The van der Waals surface area contributed by atoms with Crippen LogP contribution in [0.4, 0.5) is 4.79 Å². The summed E-state index contributed by atoms with van der Waals surface area (Å²) in [6.07, 6.45) is 7.02. The maximum Gasteiger partial charge on any atom is 0.315 e. The van der Waals surface area contributed by atoms with Crippen molar-refractivity contribution < 1.29 is 4.79 Å². The summed E-state index contributed by atoms with van der Waals surface area (Å²) in [5.41, 5.74) is 1.02. The summed E-state index contributed by atoms with van der Waals surface area (Å²) < 4.78 is 1.79. The zero-order chi connectivity index (χ0) is 14.4. The number of amides is 2. The fourth-order valence-corrected chi connectivity index (χ4v) is 1.93. The maximum atomic E-state index is 11.9. The van der Waals surface area contributed by atoms with E-state index >= 15 is 0 Å². The van der Waals surface area contributed by atoms with Crippen molar-refractivity contribution in [3.63, 3.8) is 0 Å². The SMILES string of the molecule is C[C@H](Cn1cccn1)NC(=O)N[C@H](C)c1ccncc1. The molecule has 2 amide bonds. The molecule has 0 bridgehead atoms. The van der Waals surface area contributed by atoms with Gasteiger partial charge in [0.15, 0.2) is 0 Å². The second kappa shape index (κ2) is 6.70. The van der Waals surface area contributed by atoms with Gasteiger partial charge in [-0.2, -0.15) is 5.10 Å². The van der Waals surface area contributed by atoms with Crippen LogP contribution in [0.1, 0.15) is 25.5 Å². The zero-order valence-corrected chi connectivity index (χ0v) is 11.7. The number of hydrogen-bond acceptors (Lipinski definition) is 3. The van der Waals surface area contributed by atoms with Gasteiger partial charge in [-0.25, -0.2) is 4.79 Å². The molecule has 20 heavy (non-hydrogen) atoms. The highest BCUT2D eigenvalue weighted by molar-refractivity contribution is 5.74. The van der Waals surface area contributed by atoms with Crippen LogP contribution in [0.5, 0.6) is 0 Å². The summed E-state index contributed by atoms with van der Waals surface area (Å²) in [5, 5.41) is 9.90. The normalized spacial score (nSPS) is 13.5. The van der Waals surface area contributed by atoms with Crippen LogP contribution in [0.25, 0.3) is 0 Å². The summed E-state index contributed by atoms with van der Waals surface area (Å²) in [4.78, 5) is 15.9. The van der Waals surface area contributed by atoms with E-state index in [1.165, 1.54) is 0 Å². The monoisotopic (exact) mass is 273 g/mol. The van der Waals surface area contributed by atoms with Crippen molar-refractivity contribution in [1.82, 2.24) is 25.4 Å². The molecule has 0 aromatic carbocycles. The van der Waals surface area contributed by atoms with Gasteiger partial charge in [0.05, 0.1) is 12.6 Å². The van der Waals surface area contributed by atoms with Crippen molar-refractivity contribution >= 4 is 6.03 Å². The van der Waals surface area contributed by atoms with E-state index in [0.29, 0.717) is 6.54 Å². The van der Waals surface area contributed by atoms with Crippen LogP contribution in [-0.4, -0.2) is 26.8 Å². The van der Waals surface area contributed by atoms with Gasteiger partial charge in [0.1, 0.15) is 0 Å². The van der Waals surface area contributed by atoms with Gasteiger partial charge in [-0.05, 0) is 37.6 Å². The van der Waals surface area contributed by atoms with Crippen molar-refractivity contribution in [2.45, 2.75) is 32.5 Å². The highest BCUT2D eigenvalue weighted by Crippen LogP contribution is 2.09. The molecular weight excluding hydrogens is 254 g/mol. The molecule has 6 heteroatoms. The van der Waals surface area contributed by atoms with Gasteiger partial charge < -0.3 is 10.6 Å². The Morgan fingerprint density at radius 2 is 2.00 bits per heavy atom. The number of carbonyl (C=O) groups is 1. The van der Waals surface area contributed by atoms with Gasteiger partial charge in [-0.15, -0.1) is 0 Å². The average molecular weight is 273 g/mol. The van der Waals surface area contributed by atoms with Crippen LogP contribution in [-0.2, 0) is 6.54 Å².